The molecule has 6 heteroatoms. The monoisotopic (exact) mass is 393 g/mol. The fourth-order valence-corrected chi connectivity index (χ4v) is 2.66. The van der Waals surface area contributed by atoms with Crippen molar-refractivity contribution in [2.75, 3.05) is 6.61 Å². The molecule has 1 amide bonds. The first-order valence-electron chi connectivity index (χ1n) is 7.69. The zero-order chi connectivity index (χ0) is 17.7. The Balaban J connectivity index is 1.91. The largest absolute Gasteiger partial charge is 0.466 e. The number of hydrogen-bond acceptors (Lipinski definition) is 4. The number of furan rings is 1. The number of amides is 1. The van der Waals surface area contributed by atoms with E-state index in [1.165, 1.54) is 0 Å². The topological polar surface area (TPSA) is 68.5 Å². The minimum Gasteiger partial charge on any atom is -0.466 e. The summed E-state index contributed by atoms with van der Waals surface area (Å²) in [5.41, 5.74) is 1.35. The molecule has 5 nitrogen and oxygen atoms in total. The summed E-state index contributed by atoms with van der Waals surface area (Å²) in [6.07, 6.45) is 0.737. The van der Waals surface area contributed by atoms with Gasteiger partial charge in [-0.05, 0) is 44.0 Å². The molecule has 24 heavy (non-hydrogen) atoms. The molecule has 1 aromatic carbocycles. The Bertz CT molecular complexity index is 721. The van der Waals surface area contributed by atoms with Crippen molar-refractivity contribution in [1.29, 1.82) is 0 Å². The van der Waals surface area contributed by atoms with Crippen LogP contribution in [0.3, 0.4) is 0 Å². The average Bonchev–Trinajstić information content (AvgIpc) is 2.90. The van der Waals surface area contributed by atoms with Gasteiger partial charge in [-0.2, -0.15) is 0 Å². The third-order valence-corrected chi connectivity index (χ3v) is 4.14. The van der Waals surface area contributed by atoms with Crippen LogP contribution in [0.4, 0.5) is 0 Å². The minimum absolute atomic E-state index is 0.123. The fourth-order valence-electron chi connectivity index (χ4n) is 2.39. The van der Waals surface area contributed by atoms with E-state index >= 15 is 0 Å². The number of halogens is 1. The van der Waals surface area contributed by atoms with Crippen molar-refractivity contribution in [3.63, 3.8) is 0 Å². The van der Waals surface area contributed by atoms with Gasteiger partial charge in [-0.15, -0.1) is 0 Å². The van der Waals surface area contributed by atoms with Gasteiger partial charge in [-0.25, -0.2) is 4.79 Å². The van der Waals surface area contributed by atoms with Crippen LogP contribution in [-0.4, -0.2) is 18.5 Å². The maximum atomic E-state index is 12.1. The zero-order valence-corrected chi connectivity index (χ0v) is 15.5. The van der Waals surface area contributed by atoms with E-state index in [4.69, 9.17) is 9.15 Å². The van der Waals surface area contributed by atoms with Crippen LogP contribution in [0.5, 0.6) is 0 Å². The van der Waals surface area contributed by atoms with Gasteiger partial charge in [0.1, 0.15) is 17.1 Å². The highest BCUT2D eigenvalue weighted by Gasteiger charge is 2.18. The molecule has 2 rings (SSSR count). The van der Waals surface area contributed by atoms with Crippen LogP contribution in [0.1, 0.15) is 46.8 Å². The van der Waals surface area contributed by atoms with Crippen molar-refractivity contribution in [3.8, 4) is 0 Å². The zero-order valence-electron chi connectivity index (χ0n) is 13.9. The van der Waals surface area contributed by atoms with Crippen LogP contribution in [-0.2, 0) is 9.53 Å². The molecule has 0 spiro atoms. The molecule has 1 heterocycles. The standard InChI is InChI=1S/C18H20BrNO4/c1-4-16(13-5-7-14(19)8-6-13)20-17(21)10-23-18(22)15-9-11(2)24-12(15)3/h5-9,16H,4,10H2,1-3H3,(H,20,21)/t16-/m1/s1. The molecule has 0 aliphatic carbocycles. The van der Waals surface area contributed by atoms with Crippen LogP contribution in [0.2, 0.25) is 0 Å². The van der Waals surface area contributed by atoms with Crippen molar-refractivity contribution >= 4 is 27.8 Å². The number of carbonyl (C=O) groups excluding carboxylic acids is 2. The minimum atomic E-state index is -0.559. The number of carbonyl (C=O) groups is 2. The number of hydrogen-bond donors (Lipinski definition) is 1. The number of aryl methyl sites for hydroxylation is 2. The van der Waals surface area contributed by atoms with Crippen molar-refractivity contribution in [2.45, 2.75) is 33.2 Å². The highest BCUT2D eigenvalue weighted by molar-refractivity contribution is 9.10. The lowest BCUT2D eigenvalue weighted by molar-refractivity contribution is -0.125. The van der Waals surface area contributed by atoms with Gasteiger partial charge in [0, 0.05) is 4.47 Å². The third-order valence-electron chi connectivity index (χ3n) is 3.61. The summed E-state index contributed by atoms with van der Waals surface area (Å²) in [5.74, 6) is 0.219. The molecule has 0 aliphatic heterocycles. The lowest BCUT2D eigenvalue weighted by Crippen LogP contribution is -2.32. The van der Waals surface area contributed by atoms with Gasteiger partial charge in [-0.1, -0.05) is 35.0 Å². The molecule has 0 radical (unpaired) electrons. The summed E-state index contributed by atoms with van der Waals surface area (Å²) in [4.78, 5) is 24.0. The van der Waals surface area contributed by atoms with E-state index in [1.54, 1.807) is 19.9 Å². The van der Waals surface area contributed by atoms with E-state index in [0.29, 0.717) is 17.1 Å². The molecule has 0 aliphatic rings. The molecule has 128 valence electrons. The fraction of sp³-hybridized carbons (Fsp3) is 0.333. The molecule has 2 aromatic rings. The Morgan fingerprint density at radius 2 is 1.92 bits per heavy atom. The normalized spacial score (nSPS) is 11.8. The summed E-state index contributed by atoms with van der Waals surface area (Å²) in [6.45, 7) is 5.09. The van der Waals surface area contributed by atoms with Crippen LogP contribution >= 0.6 is 15.9 Å². The molecular weight excluding hydrogens is 374 g/mol. The molecule has 0 saturated carbocycles. The second kappa shape index (κ2) is 8.15. The van der Waals surface area contributed by atoms with Crippen molar-refractivity contribution in [3.05, 3.63) is 57.5 Å². The van der Waals surface area contributed by atoms with Crippen molar-refractivity contribution < 1.29 is 18.7 Å². The SMILES string of the molecule is CC[C@@H](NC(=O)COC(=O)c1cc(C)oc1C)c1ccc(Br)cc1. The first-order valence-corrected chi connectivity index (χ1v) is 8.49. The van der Waals surface area contributed by atoms with Crippen molar-refractivity contribution in [1.82, 2.24) is 5.32 Å². The van der Waals surface area contributed by atoms with E-state index in [0.717, 1.165) is 16.5 Å². The molecule has 1 N–H and O–H groups in total. The number of ether oxygens (including phenoxy) is 1. The average molecular weight is 394 g/mol. The number of nitrogens with one attached hydrogen (secondary N) is 1. The Morgan fingerprint density at radius 1 is 1.25 bits per heavy atom. The van der Waals surface area contributed by atoms with Gasteiger partial charge in [0.15, 0.2) is 6.61 Å². The second-order valence-corrected chi connectivity index (χ2v) is 6.40. The Morgan fingerprint density at radius 3 is 2.46 bits per heavy atom. The Hall–Kier alpha value is -2.08. The van der Waals surface area contributed by atoms with Gasteiger partial charge < -0.3 is 14.5 Å². The molecule has 0 saturated heterocycles. The van der Waals surface area contributed by atoms with E-state index in [-0.39, 0.29) is 18.6 Å². The maximum Gasteiger partial charge on any atom is 0.342 e. The van der Waals surface area contributed by atoms with Gasteiger partial charge in [0.25, 0.3) is 5.91 Å². The van der Waals surface area contributed by atoms with E-state index in [9.17, 15) is 9.59 Å². The summed E-state index contributed by atoms with van der Waals surface area (Å²) >= 11 is 3.39. The van der Waals surface area contributed by atoms with Crippen LogP contribution in [0, 0.1) is 13.8 Å². The highest BCUT2D eigenvalue weighted by Crippen LogP contribution is 2.19. The Labute approximate surface area is 149 Å². The summed E-state index contributed by atoms with van der Waals surface area (Å²) < 4.78 is 11.3. The molecule has 1 atom stereocenters. The highest BCUT2D eigenvalue weighted by atomic mass is 79.9. The van der Waals surface area contributed by atoms with Crippen molar-refractivity contribution in [2.24, 2.45) is 0 Å². The van der Waals surface area contributed by atoms with Gasteiger partial charge in [-0.3, -0.25) is 4.79 Å². The smallest absolute Gasteiger partial charge is 0.342 e. The van der Waals surface area contributed by atoms with Crippen LogP contribution < -0.4 is 5.32 Å². The quantitative estimate of drug-likeness (QED) is 0.750. The lowest BCUT2D eigenvalue weighted by atomic mass is 10.0. The number of rotatable bonds is 6. The molecule has 1 aromatic heterocycles. The molecule has 0 fully saturated rings. The third kappa shape index (κ3) is 4.71. The molecular formula is C18H20BrNO4. The van der Waals surface area contributed by atoms with E-state index in [1.807, 2.05) is 31.2 Å². The molecule has 0 bridgehead atoms. The summed E-state index contributed by atoms with van der Waals surface area (Å²) in [5, 5.41) is 2.87. The first kappa shape index (κ1) is 18.3. The maximum absolute atomic E-state index is 12.1. The molecule has 0 unspecified atom stereocenters. The van der Waals surface area contributed by atoms with E-state index in [2.05, 4.69) is 21.2 Å². The predicted molar refractivity (Wildman–Crippen MR) is 93.8 cm³/mol. The number of esters is 1. The van der Waals surface area contributed by atoms with Gasteiger partial charge >= 0.3 is 5.97 Å². The van der Waals surface area contributed by atoms with Gasteiger partial charge in [0.05, 0.1) is 6.04 Å². The Kier molecular flexibility index (Phi) is 6.20. The van der Waals surface area contributed by atoms with Crippen LogP contribution in [0.25, 0.3) is 0 Å². The summed E-state index contributed by atoms with van der Waals surface area (Å²) in [7, 11) is 0. The predicted octanol–water partition coefficient (Wildman–Crippen LogP) is 4.08. The lowest BCUT2D eigenvalue weighted by Gasteiger charge is -2.17. The first-order chi connectivity index (χ1) is 11.4. The number of benzene rings is 1. The van der Waals surface area contributed by atoms with Gasteiger partial charge in [0.2, 0.25) is 0 Å². The van der Waals surface area contributed by atoms with Crippen LogP contribution in [0.15, 0.2) is 39.2 Å². The second-order valence-electron chi connectivity index (χ2n) is 5.48. The summed E-state index contributed by atoms with van der Waals surface area (Å²) in [6, 6.07) is 9.22. The van der Waals surface area contributed by atoms with E-state index < -0.39 is 5.97 Å².